The molecule has 1 aliphatic rings. The minimum atomic E-state index is -3.83. The number of hydrogen-bond acceptors (Lipinski definition) is 5. The molecule has 0 bridgehead atoms. The number of Topliss-reactive ketones (excluding diaryl/α,β-unsaturated/α-hetero) is 1. The third-order valence-electron chi connectivity index (χ3n) is 4.26. The predicted molar refractivity (Wildman–Crippen MR) is 93.4 cm³/mol. The number of pyridine rings is 1. The van der Waals surface area contributed by atoms with E-state index in [4.69, 9.17) is 0 Å². The van der Waals surface area contributed by atoms with Gasteiger partial charge in [-0.3, -0.25) is 9.59 Å². The summed E-state index contributed by atoms with van der Waals surface area (Å²) in [6, 6.07) is 2.73. The number of hydrogen-bond donors (Lipinski definition) is 1. The van der Waals surface area contributed by atoms with Crippen molar-refractivity contribution in [1.82, 2.24) is 14.6 Å². The maximum Gasteiger partial charge on any atom is 0.261 e. The van der Waals surface area contributed by atoms with Crippen LogP contribution >= 0.6 is 0 Å². The summed E-state index contributed by atoms with van der Waals surface area (Å²) < 4.78 is 26.8. The Hall–Kier alpha value is -1.80. The average Bonchev–Trinajstić information content (AvgIpc) is 2.75. The molecular formula is C17H25N3O4S. The highest BCUT2D eigenvalue weighted by molar-refractivity contribution is 7.89. The number of rotatable bonds is 6. The van der Waals surface area contributed by atoms with Crippen LogP contribution in [0.5, 0.6) is 0 Å². The van der Waals surface area contributed by atoms with Crippen LogP contribution in [0, 0.1) is 6.92 Å². The SMILES string of the molecule is CCCCC(=O)NC1CCCN(S(=O)(=O)c2ncccc2C)CC1=O. The fourth-order valence-corrected chi connectivity index (χ4v) is 4.40. The first-order chi connectivity index (χ1) is 11.9. The lowest BCUT2D eigenvalue weighted by Gasteiger charge is -2.20. The molecule has 1 fully saturated rings. The Bertz CT molecular complexity index is 733. The molecule has 1 unspecified atom stereocenters. The smallest absolute Gasteiger partial charge is 0.261 e. The summed E-state index contributed by atoms with van der Waals surface area (Å²) in [6.07, 6.45) is 4.44. The lowest BCUT2D eigenvalue weighted by Crippen LogP contribution is -2.44. The lowest BCUT2D eigenvalue weighted by atomic mass is 10.1. The zero-order valence-electron chi connectivity index (χ0n) is 14.7. The normalized spacial score (nSPS) is 19.4. The molecule has 1 atom stereocenters. The predicted octanol–water partition coefficient (Wildman–Crippen LogP) is 1.42. The molecule has 2 heterocycles. The summed E-state index contributed by atoms with van der Waals surface area (Å²) in [6.45, 7) is 3.67. The van der Waals surface area contributed by atoms with Crippen LogP contribution in [0.25, 0.3) is 0 Å². The zero-order valence-corrected chi connectivity index (χ0v) is 15.5. The first-order valence-corrected chi connectivity index (χ1v) is 10.0. The molecule has 1 N–H and O–H groups in total. The van der Waals surface area contributed by atoms with Crippen LogP contribution < -0.4 is 5.32 Å². The van der Waals surface area contributed by atoms with E-state index in [1.807, 2.05) is 6.92 Å². The fourth-order valence-electron chi connectivity index (χ4n) is 2.82. The summed E-state index contributed by atoms with van der Waals surface area (Å²) in [4.78, 5) is 28.3. The van der Waals surface area contributed by atoms with Gasteiger partial charge in [-0.15, -0.1) is 0 Å². The maximum absolute atomic E-state index is 12.8. The van der Waals surface area contributed by atoms with E-state index in [0.29, 0.717) is 24.8 Å². The van der Waals surface area contributed by atoms with Crippen molar-refractivity contribution in [1.29, 1.82) is 0 Å². The molecule has 0 saturated carbocycles. The van der Waals surface area contributed by atoms with Gasteiger partial charge in [-0.05, 0) is 37.8 Å². The Morgan fingerprint density at radius 2 is 2.20 bits per heavy atom. The van der Waals surface area contributed by atoms with Crippen molar-refractivity contribution in [2.75, 3.05) is 13.1 Å². The first-order valence-electron chi connectivity index (χ1n) is 8.60. The molecule has 0 aliphatic carbocycles. The van der Waals surface area contributed by atoms with Gasteiger partial charge in [0, 0.05) is 19.2 Å². The largest absolute Gasteiger partial charge is 0.346 e. The summed E-state index contributed by atoms with van der Waals surface area (Å²) in [5.74, 6) is -0.434. The van der Waals surface area contributed by atoms with Crippen molar-refractivity contribution in [3.63, 3.8) is 0 Å². The van der Waals surface area contributed by atoms with E-state index in [-0.39, 0.29) is 29.8 Å². The Kier molecular flexibility index (Phi) is 6.66. The minimum Gasteiger partial charge on any atom is -0.346 e. The molecule has 1 aromatic rings. The Labute approximate surface area is 148 Å². The molecule has 0 spiro atoms. The topological polar surface area (TPSA) is 96.4 Å². The van der Waals surface area contributed by atoms with Crippen molar-refractivity contribution >= 4 is 21.7 Å². The number of aryl methyl sites for hydroxylation is 1. The second kappa shape index (κ2) is 8.53. The molecular weight excluding hydrogens is 342 g/mol. The van der Waals surface area contributed by atoms with Crippen molar-refractivity contribution in [3.8, 4) is 0 Å². The third kappa shape index (κ3) is 4.85. The van der Waals surface area contributed by atoms with E-state index in [2.05, 4.69) is 10.3 Å². The van der Waals surface area contributed by atoms with E-state index >= 15 is 0 Å². The standard InChI is InChI=1S/C17H25N3O4S/c1-3-4-9-16(22)19-14-8-6-11-20(12-15(14)21)25(23,24)17-13(2)7-5-10-18-17/h5,7,10,14H,3-4,6,8-9,11-12H2,1-2H3,(H,19,22). The second-order valence-electron chi connectivity index (χ2n) is 6.30. The average molecular weight is 367 g/mol. The van der Waals surface area contributed by atoms with E-state index in [9.17, 15) is 18.0 Å². The van der Waals surface area contributed by atoms with Gasteiger partial charge in [0.1, 0.15) is 0 Å². The van der Waals surface area contributed by atoms with E-state index < -0.39 is 16.1 Å². The third-order valence-corrected chi connectivity index (χ3v) is 6.17. The van der Waals surface area contributed by atoms with Crippen LogP contribution in [0.4, 0.5) is 0 Å². The number of aromatic nitrogens is 1. The van der Waals surface area contributed by atoms with Crippen molar-refractivity contribution in [2.24, 2.45) is 0 Å². The molecule has 0 aromatic carbocycles. The molecule has 1 aromatic heterocycles. The summed E-state index contributed by atoms with van der Waals surface area (Å²) >= 11 is 0. The van der Waals surface area contributed by atoms with Crippen LogP contribution in [0.3, 0.4) is 0 Å². The van der Waals surface area contributed by atoms with Crippen LogP contribution in [-0.2, 0) is 19.6 Å². The highest BCUT2D eigenvalue weighted by Gasteiger charge is 2.34. The molecule has 8 heteroatoms. The molecule has 1 saturated heterocycles. The van der Waals surface area contributed by atoms with Gasteiger partial charge >= 0.3 is 0 Å². The van der Waals surface area contributed by atoms with Gasteiger partial charge in [0.15, 0.2) is 10.8 Å². The summed E-state index contributed by atoms with van der Waals surface area (Å²) in [5, 5.41) is 2.72. The monoisotopic (exact) mass is 367 g/mol. The zero-order chi connectivity index (χ0) is 18.4. The van der Waals surface area contributed by atoms with Crippen LogP contribution in [0.2, 0.25) is 0 Å². The number of nitrogens with one attached hydrogen (secondary N) is 1. The van der Waals surface area contributed by atoms with E-state index in [1.165, 1.54) is 10.5 Å². The van der Waals surface area contributed by atoms with Gasteiger partial charge in [0.2, 0.25) is 5.91 Å². The molecule has 0 radical (unpaired) electrons. The summed E-state index contributed by atoms with van der Waals surface area (Å²) in [7, 11) is -3.83. The fraction of sp³-hybridized carbons (Fsp3) is 0.588. The number of sulfonamides is 1. The number of unbranched alkanes of at least 4 members (excludes halogenated alkanes) is 1. The number of carbonyl (C=O) groups is 2. The van der Waals surface area contributed by atoms with Crippen molar-refractivity contribution < 1.29 is 18.0 Å². The van der Waals surface area contributed by atoms with Gasteiger partial charge < -0.3 is 5.32 Å². The van der Waals surface area contributed by atoms with Gasteiger partial charge in [0.05, 0.1) is 12.6 Å². The maximum atomic E-state index is 12.8. The second-order valence-corrected chi connectivity index (χ2v) is 8.15. The highest BCUT2D eigenvalue weighted by Crippen LogP contribution is 2.20. The number of ketones is 1. The Morgan fingerprint density at radius 3 is 2.88 bits per heavy atom. The Balaban J connectivity index is 2.10. The molecule has 138 valence electrons. The molecule has 25 heavy (non-hydrogen) atoms. The van der Waals surface area contributed by atoms with Crippen molar-refractivity contribution in [3.05, 3.63) is 23.9 Å². The van der Waals surface area contributed by atoms with Crippen LogP contribution in [0.1, 0.15) is 44.6 Å². The molecule has 2 rings (SSSR count). The lowest BCUT2D eigenvalue weighted by molar-refractivity contribution is -0.127. The number of amides is 1. The summed E-state index contributed by atoms with van der Waals surface area (Å²) in [5.41, 5.74) is 0.545. The highest BCUT2D eigenvalue weighted by atomic mass is 32.2. The van der Waals surface area contributed by atoms with E-state index in [1.54, 1.807) is 19.1 Å². The van der Waals surface area contributed by atoms with Gasteiger partial charge in [-0.25, -0.2) is 13.4 Å². The van der Waals surface area contributed by atoms with Gasteiger partial charge in [-0.1, -0.05) is 19.4 Å². The number of carbonyl (C=O) groups excluding carboxylic acids is 2. The van der Waals surface area contributed by atoms with Crippen molar-refractivity contribution in [2.45, 2.75) is 57.0 Å². The molecule has 1 aliphatic heterocycles. The Morgan fingerprint density at radius 1 is 1.44 bits per heavy atom. The molecule has 1 amide bonds. The minimum absolute atomic E-state index is 0.0202. The quantitative estimate of drug-likeness (QED) is 0.820. The van der Waals surface area contributed by atoms with Crippen LogP contribution in [-0.4, -0.2) is 48.5 Å². The van der Waals surface area contributed by atoms with Crippen LogP contribution in [0.15, 0.2) is 23.4 Å². The first kappa shape index (κ1) is 19.5. The number of nitrogens with zero attached hydrogens (tertiary/aromatic N) is 2. The van der Waals surface area contributed by atoms with E-state index in [0.717, 1.165) is 12.8 Å². The van der Waals surface area contributed by atoms with Gasteiger partial charge in [-0.2, -0.15) is 4.31 Å². The molecule has 7 nitrogen and oxygen atoms in total. The van der Waals surface area contributed by atoms with Gasteiger partial charge in [0.25, 0.3) is 10.0 Å².